The molecule has 0 saturated carbocycles. The number of nitrogens with zero attached hydrogens (tertiary/aromatic N) is 2. The van der Waals surface area contributed by atoms with Crippen molar-refractivity contribution < 1.29 is 13.6 Å². The number of rotatable bonds is 1. The van der Waals surface area contributed by atoms with E-state index < -0.39 is 17.5 Å². The van der Waals surface area contributed by atoms with E-state index >= 15 is 0 Å². The lowest BCUT2D eigenvalue weighted by atomic mass is 10.1. The number of carbonyl (C=O) groups is 1. The van der Waals surface area contributed by atoms with Crippen LogP contribution in [0.3, 0.4) is 0 Å². The molecule has 1 amide bonds. The Morgan fingerprint density at radius 2 is 1.82 bits per heavy atom. The molecule has 1 fully saturated rings. The molecule has 5 heteroatoms. The molecule has 1 aromatic rings. The zero-order valence-electron chi connectivity index (χ0n) is 9.62. The smallest absolute Gasteiger partial charge is 0.257 e. The highest BCUT2D eigenvalue weighted by molar-refractivity contribution is 5.94. The number of likely N-dealkylation sites (N-methyl/N-ethyl adjacent to an activating group) is 1. The maximum atomic E-state index is 13.4. The van der Waals surface area contributed by atoms with Gasteiger partial charge in [0.05, 0.1) is 5.56 Å². The lowest BCUT2D eigenvalue weighted by Crippen LogP contribution is -2.47. The maximum absolute atomic E-state index is 13.4. The van der Waals surface area contributed by atoms with Crippen molar-refractivity contribution in [2.45, 2.75) is 0 Å². The van der Waals surface area contributed by atoms with Crippen LogP contribution in [0, 0.1) is 11.6 Å². The van der Waals surface area contributed by atoms with Gasteiger partial charge in [-0.15, -0.1) is 0 Å². The normalized spacial score (nSPS) is 17.2. The highest BCUT2D eigenvalue weighted by Gasteiger charge is 2.22. The number of halogens is 2. The summed E-state index contributed by atoms with van der Waals surface area (Å²) in [6, 6.07) is 2.95. The molecule has 0 unspecified atom stereocenters. The van der Waals surface area contributed by atoms with Gasteiger partial charge in [-0.1, -0.05) is 0 Å². The van der Waals surface area contributed by atoms with Crippen molar-refractivity contribution in [3.63, 3.8) is 0 Å². The van der Waals surface area contributed by atoms with Gasteiger partial charge in [0, 0.05) is 26.2 Å². The first-order valence-corrected chi connectivity index (χ1v) is 5.51. The molecule has 0 radical (unpaired) electrons. The highest BCUT2D eigenvalue weighted by atomic mass is 19.1. The molecule has 1 heterocycles. The minimum Gasteiger partial charge on any atom is -0.336 e. The molecule has 1 aliphatic heterocycles. The van der Waals surface area contributed by atoms with Crippen molar-refractivity contribution in [2.75, 3.05) is 33.2 Å². The Balaban J connectivity index is 2.16. The molecule has 0 N–H and O–H groups in total. The zero-order valence-corrected chi connectivity index (χ0v) is 9.62. The van der Waals surface area contributed by atoms with E-state index in [0.29, 0.717) is 13.1 Å². The highest BCUT2D eigenvalue weighted by Crippen LogP contribution is 2.13. The first kappa shape index (κ1) is 12.0. The lowest BCUT2D eigenvalue weighted by Gasteiger charge is -2.32. The van der Waals surface area contributed by atoms with Gasteiger partial charge in [0.2, 0.25) is 0 Å². The molecule has 0 atom stereocenters. The molecule has 3 nitrogen and oxygen atoms in total. The molecule has 1 aliphatic rings. The summed E-state index contributed by atoms with van der Waals surface area (Å²) in [5.74, 6) is -1.70. The Morgan fingerprint density at radius 1 is 1.18 bits per heavy atom. The molecule has 0 spiro atoms. The van der Waals surface area contributed by atoms with Gasteiger partial charge in [0.1, 0.15) is 11.6 Å². The van der Waals surface area contributed by atoms with Crippen LogP contribution in [-0.2, 0) is 0 Å². The van der Waals surface area contributed by atoms with Gasteiger partial charge in [-0.2, -0.15) is 0 Å². The number of amides is 1. The molecular weight excluding hydrogens is 226 g/mol. The number of piperazine rings is 1. The molecule has 0 bridgehead atoms. The standard InChI is InChI=1S/C12H14F2N2O/c1-15-4-6-16(7-5-15)12(17)10-8-9(13)2-3-11(10)14/h2-3,8H,4-7H2,1H3. The fourth-order valence-electron chi connectivity index (χ4n) is 1.84. The zero-order chi connectivity index (χ0) is 12.4. The molecule has 2 rings (SSSR count). The summed E-state index contributed by atoms with van der Waals surface area (Å²) in [5.41, 5.74) is -0.186. The number of benzene rings is 1. The molecule has 0 aliphatic carbocycles. The van der Waals surface area contributed by atoms with Gasteiger partial charge < -0.3 is 9.80 Å². The number of hydrogen-bond acceptors (Lipinski definition) is 2. The molecule has 1 aromatic carbocycles. The van der Waals surface area contributed by atoms with Crippen LogP contribution in [0.5, 0.6) is 0 Å². The van der Waals surface area contributed by atoms with E-state index in [1.807, 2.05) is 7.05 Å². The summed E-state index contributed by atoms with van der Waals surface area (Å²) in [6.45, 7) is 2.60. The van der Waals surface area contributed by atoms with Crippen molar-refractivity contribution in [1.29, 1.82) is 0 Å². The Hall–Kier alpha value is -1.49. The maximum Gasteiger partial charge on any atom is 0.257 e. The fourth-order valence-corrected chi connectivity index (χ4v) is 1.84. The second kappa shape index (κ2) is 4.79. The van der Waals surface area contributed by atoms with Gasteiger partial charge in [-0.3, -0.25) is 4.79 Å². The Bertz CT molecular complexity index is 429. The van der Waals surface area contributed by atoms with Crippen LogP contribution in [0.15, 0.2) is 18.2 Å². The van der Waals surface area contributed by atoms with Crippen molar-refractivity contribution in [3.8, 4) is 0 Å². The van der Waals surface area contributed by atoms with Crippen molar-refractivity contribution in [3.05, 3.63) is 35.4 Å². The predicted molar refractivity (Wildman–Crippen MR) is 59.8 cm³/mol. The van der Waals surface area contributed by atoms with Gasteiger partial charge in [-0.05, 0) is 25.2 Å². The van der Waals surface area contributed by atoms with E-state index in [0.717, 1.165) is 31.3 Å². The first-order valence-electron chi connectivity index (χ1n) is 5.51. The Kier molecular flexibility index (Phi) is 3.38. The van der Waals surface area contributed by atoms with Crippen LogP contribution in [0.2, 0.25) is 0 Å². The van der Waals surface area contributed by atoms with Crippen LogP contribution < -0.4 is 0 Å². The molecule has 0 aromatic heterocycles. The number of hydrogen-bond donors (Lipinski definition) is 0. The lowest BCUT2D eigenvalue weighted by molar-refractivity contribution is 0.0659. The van der Waals surface area contributed by atoms with Gasteiger partial charge in [-0.25, -0.2) is 8.78 Å². The van der Waals surface area contributed by atoms with Crippen molar-refractivity contribution in [2.24, 2.45) is 0 Å². The summed E-state index contributed by atoms with van der Waals surface area (Å²) in [6.07, 6.45) is 0. The van der Waals surface area contributed by atoms with Crippen molar-refractivity contribution >= 4 is 5.91 Å². The minimum absolute atomic E-state index is 0.186. The molecule has 1 saturated heterocycles. The second-order valence-electron chi connectivity index (χ2n) is 4.22. The van der Waals surface area contributed by atoms with Crippen LogP contribution in [0.4, 0.5) is 8.78 Å². The fraction of sp³-hybridized carbons (Fsp3) is 0.417. The SMILES string of the molecule is CN1CCN(C(=O)c2cc(F)ccc2F)CC1. The summed E-state index contributed by atoms with van der Waals surface area (Å²) in [5, 5.41) is 0. The van der Waals surface area contributed by atoms with E-state index in [1.165, 1.54) is 0 Å². The van der Waals surface area contributed by atoms with Gasteiger partial charge in [0.25, 0.3) is 5.91 Å². The molecular formula is C12H14F2N2O. The largest absolute Gasteiger partial charge is 0.336 e. The van der Waals surface area contributed by atoms with Crippen LogP contribution in [0.1, 0.15) is 10.4 Å². The summed E-state index contributed by atoms with van der Waals surface area (Å²) in [4.78, 5) is 15.6. The predicted octanol–water partition coefficient (Wildman–Crippen LogP) is 1.35. The average molecular weight is 240 g/mol. The number of carbonyl (C=O) groups excluding carboxylic acids is 1. The summed E-state index contributed by atoms with van der Waals surface area (Å²) >= 11 is 0. The first-order chi connectivity index (χ1) is 8.08. The Labute approximate surface area is 98.6 Å². The van der Waals surface area contributed by atoms with Crippen molar-refractivity contribution in [1.82, 2.24) is 9.80 Å². The van der Waals surface area contributed by atoms with Crippen LogP contribution >= 0.6 is 0 Å². The van der Waals surface area contributed by atoms with Crippen LogP contribution in [0.25, 0.3) is 0 Å². The molecule has 92 valence electrons. The van der Waals surface area contributed by atoms with E-state index in [-0.39, 0.29) is 5.56 Å². The third kappa shape index (κ3) is 2.61. The van der Waals surface area contributed by atoms with Gasteiger partial charge in [0.15, 0.2) is 0 Å². The topological polar surface area (TPSA) is 23.6 Å². The summed E-state index contributed by atoms with van der Waals surface area (Å²) in [7, 11) is 1.96. The van der Waals surface area contributed by atoms with E-state index in [1.54, 1.807) is 4.90 Å². The van der Waals surface area contributed by atoms with E-state index in [2.05, 4.69) is 4.90 Å². The minimum atomic E-state index is -0.671. The second-order valence-corrected chi connectivity index (χ2v) is 4.22. The third-order valence-corrected chi connectivity index (χ3v) is 2.95. The van der Waals surface area contributed by atoms with Crippen LogP contribution in [-0.4, -0.2) is 48.9 Å². The third-order valence-electron chi connectivity index (χ3n) is 2.95. The average Bonchev–Trinajstić information content (AvgIpc) is 2.32. The quantitative estimate of drug-likeness (QED) is 0.740. The van der Waals surface area contributed by atoms with E-state index in [9.17, 15) is 13.6 Å². The summed E-state index contributed by atoms with van der Waals surface area (Å²) < 4.78 is 26.4. The van der Waals surface area contributed by atoms with E-state index in [4.69, 9.17) is 0 Å². The monoisotopic (exact) mass is 240 g/mol. The Morgan fingerprint density at radius 3 is 2.47 bits per heavy atom. The van der Waals surface area contributed by atoms with Gasteiger partial charge >= 0.3 is 0 Å². The molecule has 17 heavy (non-hydrogen) atoms.